The van der Waals surface area contributed by atoms with Crippen LogP contribution < -0.4 is 10.1 Å². The third kappa shape index (κ3) is 3.92. The first-order chi connectivity index (χ1) is 10.2. The Morgan fingerprint density at radius 3 is 2.90 bits per heavy atom. The van der Waals surface area contributed by atoms with Gasteiger partial charge >= 0.3 is 5.69 Å². The van der Waals surface area contributed by atoms with Crippen LogP contribution in [0.15, 0.2) is 18.2 Å². The Morgan fingerprint density at radius 2 is 2.24 bits per heavy atom. The van der Waals surface area contributed by atoms with E-state index in [4.69, 9.17) is 9.47 Å². The molecule has 1 aromatic rings. The fourth-order valence-electron chi connectivity index (χ4n) is 2.45. The number of hydrogen-bond acceptors (Lipinski definition) is 5. The third-order valence-corrected chi connectivity index (χ3v) is 3.84. The molecule has 2 fully saturated rings. The van der Waals surface area contributed by atoms with Crippen LogP contribution in [0.2, 0.25) is 0 Å². The van der Waals surface area contributed by atoms with Gasteiger partial charge in [0.1, 0.15) is 6.61 Å². The zero-order valence-corrected chi connectivity index (χ0v) is 11.9. The summed E-state index contributed by atoms with van der Waals surface area (Å²) in [6, 6.07) is 5.75. The van der Waals surface area contributed by atoms with Crippen molar-refractivity contribution >= 4 is 5.69 Å². The lowest BCUT2D eigenvalue weighted by Gasteiger charge is -2.12. The van der Waals surface area contributed by atoms with Gasteiger partial charge in [-0.15, -0.1) is 0 Å². The normalized spacial score (nSPS) is 21.4. The molecule has 6 nitrogen and oxygen atoms in total. The zero-order chi connectivity index (χ0) is 14.7. The fourth-order valence-corrected chi connectivity index (χ4v) is 2.45. The molecule has 1 unspecified atom stereocenters. The molecule has 1 heterocycles. The van der Waals surface area contributed by atoms with Crippen LogP contribution >= 0.6 is 0 Å². The Labute approximate surface area is 123 Å². The molecule has 0 spiro atoms. The maximum absolute atomic E-state index is 11.2. The first-order valence-electron chi connectivity index (χ1n) is 7.47. The lowest BCUT2D eigenvalue weighted by molar-refractivity contribution is -0.386. The summed E-state index contributed by atoms with van der Waals surface area (Å²) in [4.78, 5) is 10.8. The summed E-state index contributed by atoms with van der Waals surface area (Å²) in [5.41, 5.74) is 0.946. The average molecular weight is 292 g/mol. The quantitative estimate of drug-likeness (QED) is 0.617. The minimum atomic E-state index is -0.383. The summed E-state index contributed by atoms with van der Waals surface area (Å²) in [6.45, 7) is 1.79. The highest BCUT2D eigenvalue weighted by Gasteiger charge is 2.22. The number of nitrogens with one attached hydrogen (secondary N) is 1. The Kier molecular flexibility index (Phi) is 4.36. The van der Waals surface area contributed by atoms with Crippen molar-refractivity contribution in [1.29, 1.82) is 0 Å². The van der Waals surface area contributed by atoms with E-state index < -0.39 is 0 Å². The molecule has 1 saturated heterocycles. The number of hydrogen-bond donors (Lipinski definition) is 1. The van der Waals surface area contributed by atoms with Gasteiger partial charge in [-0.25, -0.2) is 0 Å². The van der Waals surface area contributed by atoms with Crippen LogP contribution in [0.3, 0.4) is 0 Å². The van der Waals surface area contributed by atoms with Crippen LogP contribution in [0.4, 0.5) is 5.69 Å². The predicted molar refractivity (Wildman–Crippen MR) is 77.4 cm³/mol. The highest BCUT2D eigenvalue weighted by atomic mass is 16.6. The van der Waals surface area contributed by atoms with E-state index in [1.807, 2.05) is 6.07 Å². The molecule has 3 rings (SSSR count). The number of nitro groups is 1. The molecule has 1 saturated carbocycles. The standard InChI is InChI=1S/C15H20N2O4/c18-17(19)14-8-11(9-16-12-4-5-12)3-6-15(14)21-10-13-2-1-7-20-13/h3,6,8,12-13,16H,1-2,4-5,7,9-10H2. The third-order valence-electron chi connectivity index (χ3n) is 3.84. The van der Waals surface area contributed by atoms with Gasteiger partial charge in [0.2, 0.25) is 0 Å². The van der Waals surface area contributed by atoms with E-state index in [1.54, 1.807) is 12.1 Å². The van der Waals surface area contributed by atoms with Crippen LogP contribution in [0.5, 0.6) is 5.75 Å². The number of rotatable bonds is 7. The maximum Gasteiger partial charge on any atom is 0.311 e. The van der Waals surface area contributed by atoms with Gasteiger partial charge in [-0.1, -0.05) is 6.07 Å². The average Bonchev–Trinajstić information content (AvgIpc) is 3.17. The van der Waals surface area contributed by atoms with E-state index in [9.17, 15) is 10.1 Å². The van der Waals surface area contributed by atoms with Crippen LogP contribution in [0, 0.1) is 10.1 Å². The van der Waals surface area contributed by atoms with Crippen molar-refractivity contribution in [3.8, 4) is 5.75 Å². The Hall–Kier alpha value is -1.66. The van der Waals surface area contributed by atoms with Crippen molar-refractivity contribution in [2.45, 2.75) is 44.4 Å². The minimum absolute atomic E-state index is 0.0306. The Morgan fingerprint density at radius 1 is 1.38 bits per heavy atom. The molecule has 0 bridgehead atoms. The summed E-state index contributed by atoms with van der Waals surface area (Å²) in [5, 5.41) is 14.5. The van der Waals surface area contributed by atoms with E-state index in [-0.39, 0.29) is 16.7 Å². The van der Waals surface area contributed by atoms with Gasteiger partial charge < -0.3 is 14.8 Å². The van der Waals surface area contributed by atoms with Gasteiger partial charge in [-0.2, -0.15) is 0 Å². The topological polar surface area (TPSA) is 73.6 Å². The van der Waals surface area contributed by atoms with Crippen molar-refractivity contribution in [2.75, 3.05) is 13.2 Å². The van der Waals surface area contributed by atoms with Gasteiger partial charge in [0.05, 0.1) is 11.0 Å². The molecule has 0 radical (unpaired) electrons. The summed E-state index contributed by atoms with van der Waals surface area (Å²) in [7, 11) is 0. The lowest BCUT2D eigenvalue weighted by atomic mass is 10.2. The molecule has 2 aliphatic rings. The summed E-state index contributed by atoms with van der Waals surface area (Å²) < 4.78 is 11.1. The molecule has 21 heavy (non-hydrogen) atoms. The van der Waals surface area contributed by atoms with Gasteiger partial charge in [0, 0.05) is 25.3 Å². The number of ether oxygens (including phenoxy) is 2. The van der Waals surface area contributed by atoms with E-state index in [1.165, 1.54) is 12.8 Å². The molecule has 1 aromatic carbocycles. The zero-order valence-electron chi connectivity index (χ0n) is 11.9. The van der Waals surface area contributed by atoms with Gasteiger partial charge in [-0.3, -0.25) is 10.1 Å². The lowest BCUT2D eigenvalue weighted by Crippen LogP contribution is -2.17. The summed E-state index contributed by atoms with van der Waals surface area (Å²) >= 11 is 0. The van der Waals surface area contributed by atoms with Gasteiger partial charge in [0.25, 0.3) is 0 Å². The van der Waals surface area contributed by atoms with Crippen LogP contribution in [-0.2, 0) is 11.3 Å². The van der Waals surface area contributed by atoms with Crippen molar-refractivity contribution < 1.29 is 14.4 Å². The summed E-state index contributed by atoms with van der Waals surface area (Å²) in [6.07, 6.45) is 4.44. The predicted octanol–water partition coefficient (Wildman–Crippen LogP) is 2.40. The van der Waals surface area contributed by atoms with Gasteiger partial charge in [0.15, 0.2) is 5.75 Å². The molecule has 1 N–H and O–H groups in total. The molecule has 0 amide bonds. The highest BCUT2D eigenvalue weighted by Crippen LogP contribution is 2.29. The number of nitro benzene ring substituents is 1. The molecule has 0 aromatic heterocycles. The van der Waals surface area contributed by atoms with Crippen molar-refractivity contribution in [2.24, 2.45) is 0 Å². The molecular formula is C15H20N2O4. The molecular weight excluding hydrogens is 272 g/mol. The van der Waals surface area contributed by atoms with E-state index in [0.29, 0.717) is 24.9 Å². The Balaban J connectivity index is 1.64. The minimum Gasteiger partial charge on any atom is -0.484 e. The monoisotopic (exact) mass is 292 g/mol. The molecule has 1 aliphatic heterocycles. The molecule has 114 valence electrons. The largest absolute Gasteiger partial charge is 0.484 e. The smallest absolute Gasteiger partial charge is 0.311 e. The molecule has 6 heteroatoms. The first-order valence-corrected chi connectivity index (χ1v) is 7.47. The van der Waals surface area contributed by atoms with Crippen molar-refractivity contribution in [3.63, 3.8) is 0 Å². The summed E-state index contributed by atoms with van der Waals surface area (Å²) in [5.74, 6) is 0.325. The van der Waals surface area contributed by atoms with Gasteiger partial charge in [-0.05, 0) is 37.3 Å². The van der Waals surface area contributed by atoms with Crippen LogP contribution in [0.1, 0.15) is 31.2 Å². The molecule has 1 atom stereocenters. The van der Waals surface area contributed by atoms with Crippen LogP contribution in [-0.4, -0.2) is 30.3 Å². The first kappa shape index (κ1) is 14.3. The van der Waals surface area contributed by atoms with Crippen molar-refractivity contribution in [3.05, 3.63) is 33.9 Å². The second-order valence-electron chi connectivity index (χ2n) is 5.66. The van der Waals surface area contributed by atoms with E-state index in [0.717, 1.165) is 25.0 Å². The SMILES string of the molecule is O=[N+]([O-])c1cc(CNC2CC2)ccc1OCC1CCCO1. The Bertz CT molecular complexity index is 510. The highest BCUT2D eigenvalue weighted by molar-refractivity contribution is 5.48. The van der Waals surface area contributed by atoms with E-state index in [2.05, 4.69) is 5.32 Å². The fraction of sp³-hybridized carbons (Fsp3) is 0.600. The van der Waals surface area contributed by atoms with Crippen molar-refractivity contribution in [1.82, 2.24) is 5.32 Å². The number of benzene rings is 1. The number of nitrogens with zero attached hydrogens (tertiary/aromatic N) is 1. The second kappa shape index (κ2) is 6.41. The second-order valence-corrected chi connectivity index (χ2v) is 5.66. The maximum atomic E-state index is 11.2. The van der Waals surface area contributed by atoms with Crippen LogP contribution in [0.25, 0.3) is 0 Å². The van der Waals surface area contributed by atoms with E-state index >= 15 is 0 Å². The molecule has 1 aliphatic carbocycles.